The van der Waals surface area contributed by atoms with Gasteiger partial charge in [-0.1, -0.05) is 0 Å². The van der Waals surface area contributed by atoms with E-state index < -0.39 is 34.3 Å². The Hall–Kier alpha value is -2.00. The zero-order chi connectivity index (χ0) is 25.1. The van der Waals surface area contributed by atoms with Crippen LogP contribution in [0.5, 0.6) is 0 Å². The minimum atomic E-state index is -3.34. The van der Waals surface area contributed by atoms with Gasteiger partial charge in [0, 0.05) is 24.6 Å². The number of aromatic nitrogens is 2. The molecule has 2 aromatic heterocycles. The average Bonchev–Trinajstić information content (AvgIpc) is 2.59. The second kappa shape index (κ2) is 11.4. The molecule has 12 nitrogen and oxygen atoms in total. The van der Waals surface area contributed by atoms with E-state index in [1.807, 2.05) is 0 Å². The zero-order valence-electron chi connectivity index (χ0n) is 20.4. The van der Waals surface area contributed by atoms with Crippen molar-refractivity contribution in [2.45, 2.75) is 38.2 Å². The Labute approximate surface area is 215 Å². The number of nitrogens with zero attached hydrogens (tertiary/aromatic N) is 4. The molecule has 2 rings (SSSR count). The molecular formula is C18H25N4NaO8S2. The van der Waals surface area contributed by atoms with Crippen LogP contribution in [0, 0.1) is 34.1 Å². The molecule has 0 N–H and O–H groups in total. The van der Waals surface area contributed by atoms with Crippen LogP contribution in [-0.4, -0.2) is 49.2 Å². The minimum Gasteiger partial charge on any atom is -1.00 e. The van der Waals surface area contributed by atoms with Crippen molar-refractivity contribution in [3.8, 4) is 0 Å². The van der Waals surface area contributed by atoms with E-state index >= 15 is 0 Å². The van der Waals surface area contributed by atoms with Crippen LogP contribution in [-0.2, 0) is 30.2 Å². The van der Waals surface area contributed by atoms with Crippen LogP contribution < -0.4 is 29.6 Å². The van der Waals surface area contributed by atoms with Crippen LogP contribution >= 0.6 is 0 Å². The Bertz CT molecular complexity index is 1270. The molecule has 0 unspecified atom stereocenters. The Morgan fingerprint density at radius 2 is 1.30 bits per heavy atom. The predicted octanol–water partition coefficient (Wildman–Crippen LogP) is -0.463. The maximum absolute atomic E-state index is 11.6. The smallest absolute Gasteiger partial charge is 1.00 e. The topological polar surface area (TPSA) is 180 Å². The van der Waals surface area contributed by atoms with Gasteiger partial charge in [-0.2, -0.15) is 0 Å². The van der Waals surface area contributed by atoms with Crippen LogP contribution in [0.2, 0.25) is 0 Å². The maximum atomic E-state index is 11.6. The fraction of sp³-hybridized carbons (Fsp3) is 0.444. The fourth-order valence-corrected chi connectivity index (χ4v) is 3.61. The zero-order valence-corrected chi connectivity index (χ0v) is 23.0. The van der Waals surface area contributed by atoms with Crippen molar-refractivity contribution < 1.29 is 57.7 Å². The summed E-state index contributed by atoms with van der Waals surface area (Å²) < 4.78 is 44.0. The molecule has 0 amide bonds. The van der Waals surface area contributed by atoms with Gasteiger partial charge in [-0.25, -0.2) is 26.8 Å². The molecule has 178 valence electrons. The molecule has 0 radical (unpaired) electrons. The van der Waals surface area contributed by atoms with E-state index in [0.29, 0.717) is 11.4 Å². The van der Waals surface area contributed by atoms with E-state index in [2.05, 4.69) is 9.97 Å². The third kappa shape index (κ3) is 8.70. The molecule has 0 bridgehead atoms. The first-order valence-corrected chi connectivity index (χ1v) is 12.9. The monoisotopic (exact) mass is 512 g/mol. The summed E-state index contributed by atoms with van der Waals surface area (Å²) in [5.41, 5.74) is 0.847. The first-order valence-electron chi connectivity index (χ1n) is 8.97. The second-order valence-electron chi connectivity index (χ2n) is 7.57. The van der Waals surface area contributed by atoms with Crippen LogP contribution in [0.15, 0.2) is 24.3 Å². The molecule has 15 heteroatoms. The van der Waals surface area contributed by atoms with Crippen molar-refractivity contribution in [3.05, 3.63) is 67.3 Å². The standard InChI is InChI=1S/C10H14N2O4S.C8H10N2O4S.Na.H/c1-7-8(12(13)14)5-6-9(11-7)10(2,3)17(4,15)16;1-6-8(10(11)12)4-3-7(9-6)5-15(2,13)14;;/h5-6H,1-4H3;3-4H,5H2,1-2H3;;/q;;+1;-1. The van der Waals surface area contributed by atoms with Gasteiger partial charge in [0.1, 0.15) is 16.1 Å². The molecule has 0 aliphatic rings. The van der Waals surface area contributed by atoms with E-state index in [-0.39, 0.29) is 59.5 Å². The van der Waals surface area contributed by atoms with E-state index in [1.54, 1.807) is 0 Å². The third-order valence-electron chi connectivity index (χ3n) is 4.52. The van der Waals surface area contributed by atoms with Gasteiger partial charge >= 0.3 is 29.6 Å². The third-order valence-corrected chi connectivity index (χ3v) is 7.40. The van der Waals surface area contributed by atoms with Crippen LogP contribution in [0.25, 0.3) is 0 Å². The SMILES string of the molecule is Cc1nc(C(C)(C)S(C)(=O)=O)ccc1[N+](=O)[O-].Cc1nc(CS(C)(=O)=O)ccc1[N+](=O)[O-].[H-].[Na+]. The van der Waals surface area contributed by atoms with Crippen LogP contribution in [0.3, 0.4) is 0 Å². The molecule has 0 saturated heterocycles. The molecule has 0 spiro atoms. The van der Waals surface area contributed by atoms with Crippen molar-refractivity contribution in [2.24, 2.45) is 0 Å². The summed E-state index contributed by atoms with van der Waals surface area (Å²) in [5, 5.41) is 21.1. The van der Waals surface area contributed by atoms with Gasteiger partial charge in [0.15, 0.2) is 19.7 Å². The number of rotatable bonds is 6. The Kier molecular flexibility index (Phi) is 10.7. The number of sulfone groups is 2. The average molecular weight is 513 g/mol. The molecule has 0 aliphatic carbocycles. The Morgan fingerprint density at radius 1 is 0.879 bits per heavy atom. The summed E-state index contributed by atoms with van der Waals surface area (Å²) in [4.78, 5) is 27.9. The largest absolute Gasteiger partial charge is 1.00 e. The van der Waals surface area contributed by atoms with E-state index in [4.69, 9.17) is 0 Å². The van der Waals surface area contributed by atoms with Crippen molar-refractivity contribution in [1.29, 1.82) is 0 Å². The second-order valence-corrected chi connectivity index (χ2v) is 12.3. The van der Waals surface area contributed by atoms with Gasteiger partial charge in [0.25, 0.3) is 11.4 Å². The summed E-state index contributed by atoms with van der Waals surface area (Å²) in [6.45, 7) is 6.01. The van der Waals surface area contributed by atoms with Gasteiger partial charge < -0.3 is 1.43 Å². The molecule has 0 aromatic carbocycles. The summed E-state index contributed by atoms with van der Waals surface area (Å²) >= 11 is 0. The quantitative estimate of drug-likeness (QED) is 0.279. The molecule has 0 aliphatic heterocycles. The van der Waals surface area contributed by atoms with Crippen molar-refractivity contribution >= 4 is 31.0 Å². The fourth-order valence-electron chi connectivity index (χ4n) is 2.42. The molecule has 2 heterocycles. The molecule has 33 heavy (non-hydrogen) atoms. The molecule has 0 atom stereocenters. The summed E-state index contributed by atoms with van der Waals surface area (Å²) in [6.07, 6.45) is 2.21. The van der Waals surface area contributed by atoms with Gasteiger partial charge in [-0.3, -0.25) is 20.2 Å². The Morgan fingerprint density at radius 3 is 1.64 bits per heavy atom. The minimum absolute atomic E-state index is 0. The van der Waals surface area contributed by atoms with E-state index in [1.165, 1.54) is 52.0 Å². The van der Waals surface area contributed by atoms with Gasteiger partial charge in [0.05, 0.1) is 27.0 Å². The van der Waals surface area contributed by atoms with E-state index in [0.717, 1.165) is 12.5 Å². The van der Waals surface area contributed by atoms with Crippen LogP contribution in [0.4, 0.5) is 11.4 Å². The number of hydrogen-bond acceptors (Lipinski definition) is 10. The summed E-state index contributed by atoms with van der Waals surface area (Å²) in [5.74, 6) is -0.203. The normalized spacial score (nSPS) is 11.6. The molecule has 0 saturated carbocycles. The summed E-state index contributed by atoms with van der Waals surface area (Å²) in [6, 6.07) is 5.28. The number of nitro groups is 2. The number of hydrogen-bond donors (Lipinski definition) is 0. The van der Waals surface area contributed by atoms with Crippen LogP contribution in [0.1, 0.15) is 38.0 Å². The predicted molar refractivity (Wildman–Crippen MR) is 119 cm³/mol. The molecule has 0 fully saturated rings. The first kappa shape index (κ1) is 31.0. The number of pyridine rings is 2. The van der Waals surface area contributed by atoms with Gasteiger partial charge in [-0.05, 0) is 39.8 Å². The summed E-state index contributed by atoms with van der Waals surface area (Å²) in [7, 11) is -6.50. The van der Waals surface area contributed by atoms with Crippen molar-refractivity contribution in [2.75, 3.05) is 12.5 Å². The van der Waals surface area contributed by atoms with Crippen molar-refractivity contribution in [3.63, 3.8) is 0 Å². The Balaban J connectivity index is 0. The van der Waals surface area contributed by atoms with Gasteiger partial charge in [-0.15, -0.1) is 0 Å². The maximum Gasteiger partial charge on any atom is 1.00 e. The number of aryl methyl sites for hydroxylation is 2. The van der Waals surface area contributed by atoms with Crippen molar-refractivity contribution in [1.82, 2.24) is 9.97 Å². The molecular weight excluding hydrogens is 487 g/mol. The first-order chi connectivity index (χ1) is 14.4. The van der Waals surface area contributed by atoms with Gasteiger partial charge in [0.2, 0.25) is 0 Å². The van der Waals surface area contributed by atoms with E-state index in [9.17, 15) is 37.1 Å². The molecule has 2 aromatic rings.